The zero-order chi connectivity index (χ0) is 6.20. The molecule has 1 rings (SSSR count). The van der Waals surface area contributed by atoms with Gasteiger partial charge < -0.3 is 9.84 Å². The SMILES string of the molecule is CCC1OC1(C)CO. The standard InChI is InChI=1S/C6H12O2/c1-3-5-6(2,4-7)8-5/h5,7H,3-4H2,1-2H3. The molecule has 1 aliphatic heterocycles. The Hall–Kier alpha value is -0.0800. The van der Waals surface area contributed by atoms with E-state index in [1.165, 1.54) is 0 Å². The Morgan fingerprint density at radius 3 is 2.50 bits per heavy atom. The molecule has 0 radical (unpaired) electrons. The molecule has 2 atom stereocenters. The summed E-state index contributed by atoms with van der Waals surface area (Å²) in [6.07, 6.45) is 1.32. The van der Waals surface area contributed by atoms with Crippen LogP contribution in [-0.2, 0) is 4.74 Å². The number of hydrogen-bond acceptors (Lipinski definition) is 2. The van der Waals surface area contributed by atoms with Gasteiger partial charge in [-0.25, -0.2) is 0 Å². The fraction of sp³-hybridized carbons (Fsp3) is 1.00. The highest BCUT2D eigenvalue weighted by atomic mass is 16.6. The molecule has 0 spiro atoms. The molecule has 0 amide bonds. The van der Waals surface area contributed by atoms with Crippen LogP contribution in [0.1, 0.15) is 20.3 Å². The first-order valence-electron chi connectivity index (χ1n) is 3.01. The van der Waals surface area contributed by atoms with Crippen LogP contribution in [0.4, 0.5) is 0 Å². The molecule has 0 aliphatic carbocycles. The van der Waals surface area contributed by atoms with Crippen molar-refractivity contribution in [1.82, 2.24) is 0 Å². The normalized spacial score (nSPS) is 44.6. The smallest absolute Gasteiger partial charge is 0.115 e. The van der Waals surface area contributed by atoms with Crippen LogP contribution in [0.2, 0.25) is 0 Å². The van der Waals surface area contributed by atoms with E-state index >= 15 is 0 Å². The molecule has 1 fully saturated rings. The van der Waals surface area contributed by atoms with Crippen molar-refractivity contribution in [1.29, 1.82) is 0 Å². The van der Waals surface area contributed by atoms with Crippen molar-refractivity contribution in [3.8, 4) is 0 Å². The third-order valence-corrected chi connectivity index (χ3v) is 1.72. The number of aliphatic hydroxyl groups excluding tert-OH is 1. The van der Waals surface area contributed by atoms with E-state index in [1.54, 1.807) is 0 Å². The summed E-state index contributed by atoms with van der Waals surface area (Å²) in [6.45, 7) is 4.15. The molecule has 2 nitrogen and oxygen atoms in total. The Morgan fingerprint density at radius 1 is 1.75 bits per heavy atom. The topological polar surface area (TPSA) is 32.8 Å². The van der Waals surface area contributed by atoms with Crippen LogP contribution in [-0.4, -0.2) is 23.4 Å². The Balaban J connectivity index is 2.31. The average Bonchev–Trinajstić information content (AvgIpc) is 2.44. The van der Waals surface area contributed by atoms with Gasteiger partial charge >= 0.3 is 0 Å². The molecule has 2 unspecified atom stereocenters. The first-order valence-corrected chi connectivity index (χ1v) is 3.01. The lowest BCUT2D eigenvalue weighted by atomic mass is 10.1. The fourth-order valence-electron chi connectivity index (χ4n) is 0.945. The Labute approximate surface area is 49.5 Å². The number of hydrogen-bond donors (Lipinski definition) is 1. The predicted molar refractivity (Wildman–Crippen MR) is 30.7 cm³/mol. The van der Waals surface area contributed by atoms with E-state index in [1.807, 2.05) is 6.92 Å². The minimum atomic E-state index is -0.186. The van der Waals surface area contributed by atoms with Crippen LogP contribution in [0.3, 0.4) is 0 Å². The van der Waals surface area contributed by atoms with E-state index in [-0.39, 0.29) is 12.2 Å². The molecule has 48 valence electrons. The Kier molecular flexibility index (Phi) is 1.29. The number of aliphatic hydroxyl groups is 1. The fourth-order valence-corrected chi connectivity index (χ4v) is 0.945. The highest BCUT2D eigenvalue weighted by Gasteiger charge is 2.50. The van der Waals surface area contributed by atoms with E-state index in [0.29, 0.717) is 6.10 Å². The largest absolute Gasteiger partial charge is 0.393 e. The van der Waals surface area contributed by atoms with Gasteiger partial charge in [0, 0.05) is 0 Å². The first kappa shape index (κ1) is 6.05. The Morgan fingerprint density at radius 2 is 2.38 bits per heavy atom. The van der Waals surface area contributed by atoms with Crippen LogP contribution in [0.5, 0.6) is 0 Å². The average molecular weight is 116 g/mol. The zero-order valence-corrected chi connectivity index (χ0v) is 5.35. The second-order valence-electron chi connectivity index (χ2n) is 2.49. The van der Waals surface area contributed by atoms with Crippen molar-refractivity contribution in [2.75, 3.05) is 6.61 Å². The van der Waals surface area contributed by atoms with E-state index in [4.69, 9.17) is 9.84 Å². The van der Waals surface area contributed by atoms with E-state index in [0.717, 1.165) is 6.42 Å². The lowest BCUT2D eigenvalue weighted by molar-refractivity contribution is 0.184. The maximum atomic E-state index is 8.64. The van der Waals surface area contributed by atoms with Gasteiger partial charge in [-0.05, 0) is 13.3 Å². The maximum Gasteiger partial charge on any atom is 0.115 e. The maximum absolute atomic E-state index is 8.64. The van der Waals surface area contributed by atoms with Crippen LogP contribution in [0.15, 0.2) is 0 Å². The van der Waals surface area contributed by atoms with E-state index in [9.17, 15) is 0 Å². The third kappa shape index (κ3) is 0.740. The molecule has 1 heterocycles. The quantitative estimate of drug-likeness (QED) is 0.534. The Bertz CT molecular complexity index is 92.5. The third-order valence-electron chi connectivity index (χ3n) is 1.72. The zero-order valence-electron chi connectivity index (χ0n) is 5.35. The summed E-state index contributed by atoms with van der Waals surface area (Å²) in [5, 5.41) is 8.64. The molecule has 8 heavy (non-hydrogen) atoms. The van der Waals surface area contributed by atoms with Crippen molar-refractivity contribution in [3.05, 3.63) is 0 Å². The summed E-state index contributed by atoms with van der Waals surface area (Å²) in [5.74, 6) is 0. The summed E-state index contributed by atoms with van der Waals surface area (Å²) < 4.78 is 5.15. The molecule has 0 saturated carbocycles. The van der Waals surface area contributed by atoms with Gasteiger partial charge in [0.05, 0.1) is 12.7 Å². The van der Waals surface area contributed by atoms with Crippen molar-refractivity contribution >= 4 is 0 Å². The van der Waals surface area contributed by atoms with Crippen molar-refractivity contribution in [2.24, 2.45) is 0 Å². The monoisotopic (exact) mass is 116 g/mol. The number of epoxide rings is 1. The van der Waals surface area contributed by atoms with Crippen LogP contribution in [0.25, 0.3) is 0 Å². The molecular weight excluding hydrogens is 104 g/mol. The predicted octanol–water partition coefficient (Wildman–Crippen LogP) is 0.546. The molecule has 1 aliphatic rings. The highest BCUT2D eigenvalue weighted by Crippen LogP contribution is 2.37. The molecule has 2 heteroatoms. The number of rotatable bonds is 2. The molecule has 0 bridgehead atoms. The minimum Gasteiger partial charge on any atom is -0.393 e. The van der Waals surface area contributed by atoms with Gasteiger partial charge in [-0.2, -0.15) is 0 Å². The first-order chi connectivity index (χ1) is 3.73. The lowest BCUT2D eigenvalue weighted by Gasteiger charge is -1.95. The van der Waals surface area contributed by atoms with Crippen molar-refractivity contribution < 1.29 is 9.84 Å². The molecule has 1 N–H and O–H groups in total. The second-order valence-corrected chi connectivity index (χ2v) is 2.49. The number of ether oxygens (including phenoxy) is 1. The summed E-state index contributed by atoms with van der Waals surface area (Å²) in [6, 6.07) is 0. The van der Waals surface area contributed by atoms with Gasteiger partial charge in [0.25, 0.3) is 0 Å². The molecule has 0 aromatic carbocycles. The summed E-state index contributed by atoms with van der Waals surface area (Å²) in [4.78, 5) is 0. The molecule has 0 aromatic rings. The molecular formula is C6H12O2. The van der Waals surface area contributed by atoms with Gasteiger partial charge in [-0.1, -0.05) is 6.92 Å². The molecule has 0 aromatic heterocycles. The van der Waals surface area contributed by atoms with Crippen LogP contribution in [0, 0.1) is 0 Å². The van der Waals surface area contributed by atoms with Gasteiger partial charge in [0.2, 0.25) is 0 Å². The lowest BCUT2D eigenvalue weighted by Crippen LogP contribution is -2.14. The van der Waals surface area contributed by atoms with Crippen LogP contribution >= 0.6 is 0 Å². The van der Waals surface area contributed by atoms with Gasteiger partial charge in [-0.15, -0.1) is 0 Å². The highest BCUT2D eigenvalue weighted by molar-refractivity contribution is 4.97. The van der Waals surface area contributed by atoms with Gasteiger partial charge in [-0.3, -0.25) is 0 Å². The van der Waals surface area contributed by atoms with Crippen molar-refractivity contribution in [2.45, 2.75) is 32.0 Å². The van der Waals surface area contributed by atoms with Gasteiger partial charge in [0.1, 0.15) is 5.60 Å². The summed E-state index contributed by atoms with van der Waals surface area (Å²) in [7, 11) is 0. The molecule has 1 saturated heterocycles. The van der Waals surface area contributed by atoms with E-state index in [2.05, 4.69) is 6.92 Å². The van der Waals surface area contributed by atoms with Crippen LogP contribution < -0.4 is 0 Å². The van der Waals surface area contributed by atoms with Gasteiger partial charge in [0.15, 0.2) is 0 Å². The second kappa shape index (κ2) is 1.71. The minimum absolute atomic E-state index is 0.158. The summed E-state index contributed by atoms with van der Waals surface area (Å²) in [5.41, 5.74) is -0.186. The summed E-state index contributed by atoms with van der Waals surface area (Å²) >= 11 is 0. The van der Waals surface area contributed by atoms with Crippen molar-refractivity contribution in [3.63, 3.8) is 0 Å². The van der Waals surface area contributed by atoms with E-state index < -0.39 is 0 Å².